The second-order valence-electron chi connectivity index (χ2n) is 4.88. The minimum atomic E-state index is -0.858. The molecular weight excluding hydrogens is 246 g/mol. The number of amides is 1. The van der Waals surface area contributed by atoms with E-state index in [1.54, 1.807) is 4.90 Å². The minimum Gasteiger partial charge on any atom is -0.480 e. The Labute approximate surface area is 113 Å². The molecular formula is C13H21N3O3. The van der Waals surface area contributed by atoms with E-state index in [0.29, 0.717) is 25.4 Å². The fourth-order valence-electron chi connectivity index (χ4n) is 2.40. The van der Waals surface area contributed by atoms with Crippen LogP contribution in [0.25, 0.3) is 0 Å². The van der Waals surface area contributed by atoms with E-state index in [2.05, 4.69) is 12.2 Å². The molecule has 106 valence electrons. The van der Waals surface area contributed by atoms with Crippen molar-refractivity contribution in [3.63, 3.8) is 0 Å². The van der Waals surface area contributed by atoms with Gasteiger partial charge in [-0.3, -0.25) is 14.5 Å². The maximum absolute atomic E-state index is 11.7. The van der Waals surface area contributed by atoms with Gasteiger partial charge in [-0.2, -0.15) is 5.26 Å². The van der Waals surface area contributed by atoms with E-state index in [0.717, 1.165) is 12.8 Å². The third-order valence-electron chi connectivity index (χ3n) is 3.59. The van der Waals surface area contributed by atoms with Crippen LogP contribution in [0.5, 0.6) is 0 Å². The number of rotatable bonds is 6. The summed E-state index contributed by atoms with van der Waals surface area (Å²) in [6.45, 7) is 3.12. The average Bonchev–Trinajstić information content (AvgIpc) is 2.39. The molecule has 1 aliphatic heterocycles. The quantitative estimate of drug-likeness (QED) is 0.687. The lowest BCUT2D eigenvalue weighted by Gasteiger charge is -2.36. The fraction of sp³-hybridized carbons (Fsp3) is 0.769. The summed E-state index contributed by atoms with van der Waals surface area (Å²) in [6.07, 6.45) is 2.79. The molecule has 0 saturated carbocycles. The van der Waals surface area contributed by atoms with E-state index in [-0.39, 0.29) is 18.9 Å². The topological polar surface area (TPSA) is 93.4 Å². The second-order valence-corrected chi connectivity index (χ2v) is 4.88. The van der Waals surface area contributed by atoms with Crippen LogP contribution in [0.1, 0.15) is 32.6 Å². The Balaban J connectivity index is 2.49. The lowest BCUT2D eigenvalue weighted by atomic mass is 9.89. The SMILES string of the molecule is CCC1CCN(CC(=O)NCCC#N)C(C(=O)O)C1. The highest BCUT2D eigenvalue weighted by molar-refractivity contribution is 5.80. The number of carboxylic acid groups (broad SMARTS) is 1. The van der Waals surface area contributed by atoms with Gasteiger partial charge in [0.2, 0.25) is 5.91 Å². The second kappa shape index (κ2) is 7.74. The number of carbonyl (C=O) groups is 2. The number of hydrogen-bond acceptors (Lipinski definition) is 4. The molecule has 2 N–H and O–H groups in total. The number of nitriles is 1. The van der Waals surface area contributed by atoms with Crippen molar-refractivity contribution in [1.82, 2.24) is 10.2 Å². The Morgan fingerprint density at radius 3 is 2.84 bits per heavy atom. The summed E-state index contributed by atoms with van der Waals surface area (Å²) in [6, 6.07) is 1.38. The molecule has 0 bridgehead atoms. The highest BCUT2D eigenvalue weighted by atomic mass is 16.4. The van der Waals surface area contributed by atoms with Crippen LogP contribution in [0.2, 0.25) is 0 Å². The van der Waals surface area contributed by atoms with Gasteiger partial charge in [-0.15, -0.1) is 0 Å². The summed E-state index contributed by atoms with van der Waals surface area (Å²) in [5, 5.41) is 20.2. The van der Waals surface area contributed by atoms with Crippen molar-refractivity contribution >= 4 is 11.9 Å². The van der Waals surface area contributed by atoms with Crippen LogP contribution in [0.4, 0.5) is 0 Å². The van der Waals surface area contributed by atoms with Crippen molar-refractivity contribution < 1.29 is 14.7 Å². The van der Waals surface area contributed by atoms with Crippen molar-refractivity contribution in [2.45, 2.75) is 38.6 Å². The Morgan fingerprint density at radius 2 is 2.26 bits per heavy atom. The highest BCUT2D eigenvalue weighted by Crippen LogP contribution is 2.25. The number of aliphatic carboxylic acids is 1. The van der Waals surface area contributed by atoms with Gasteiger partial charge in [-0.05, 0) is 25.3 Å². The first-order valence-electron chi connectivity index (χ1n) is 6.69. The van der Waals surface area contributed by atoms with Crippen molar-refractivity contribution in [2.75, 3.05) is 19.6 Å². The molecule has 0 spiro atoms. The average molecular weight is 267 g/mol. The van der Waals surface area contributed by atoms with Crippen LogP contribution >= 0.6 is 0 Å². The molecule has 19 heavy (non-hydrogen) atoms. The Morgan fingerprint density at radius 1 is 1.53 bits per heavy atom. The molecule has 1 aliphatic rings. The van der Waals surface area contributed by atoms with Crippen LogP contribution < -0.4 is 5.32 Å². The van der Waals surface area contributed by atoms with Crippen LogP contribution in [0.15, 0.2) is 0 Å². The molecule has 2 unspecified atom stereocenters. The fourth-order valence-corrected chi connectivity index (χ4v) is 2.40. The standard InChI is InChI=1S/C13H21N3O3/c1-2-10-4-7-16(11(8-10)13(18)19)9-12(17)15-6-3-5-14/h10-11H,2-4,6-9H2,1H3,(H,15,17)(H,18,19). The summed E-state index contributed by atoms with van der Waals surface area (Å²) >= 11 is 0. The first-order chi connectivity index (χ1) is 9.08. The number of piperidine rings is 1. The number of hydrogen-bond donors (Lipinski definition) is 2. The predicted octanol–water partition coefficient (Wildman–Crippen LogP) is 0.591. The summed E-state index contributed by atoms with van der Waals surface area (Å²) in [7, 11) is 0. The Hall–Kier alpha value is -1.61. The van der Waals surface area contributed by atoms with Gasteiger partial charge in [0.05, 0.1) is 19.0 Å². The van der Waals surface area contributed by atoms with Gasteiger partial charge < -0.3 is 10.4 Å². The van der Waals surface area contributed by atoms with Gasteiger partial charge in [-0.25, -0.2) is 0 Å². The maximum atomic E-state index is 11.7. The lowest BCUT2D eigenvalue weighted by Crippen LogP contribution is -2.50. The van der Waals surface area contributed by atoms with Gasteiger partial charge in [0.25, 0.3) is 0 Å². The van der Waals surface area contributed by atoms with E-state index < -0.39 is 12.0 Å². The minimum absolute atomic E-state index is 0.0961. The van der Waals surface area contributed by atoms with E-state index in [1.165, 1.54) is 0 Å². The van der Waals surface area contributed by atoms with E-state index in [1.807, 2.05) is 6.07 Å². The Bertz CT molecular complexity index is 365. The first kappa shape index (κ1) is 15.4. The van der Waals surface area contributed by atoms with Crippen molar-refractivity contribution in [3.8, 4) is 6.07 Å². The molecule has 1 heterocycles. The summed E-state index contributed by atoms with van der Waals surface area (Å²) in [4.78, 5) is 24.6. The van der Waals surface area contributed by atoms with Crippen LogP contribution in [-0.4, -0.2) is 47.6 Å². The summed E-state index contributed by atoms with van der Waals surface area (Å²) in [5.41, 5.74) is 0. The van der Waals surface area contributed by atoms with Crippen LogP contribution in [0, 0.1) is 17.2 Å². The van der Waals surface area contributed by atoms with E-state index in [9.17, 15) is 14.7 Å². The number of nitrogens with one attached hydrogen (secondary N) is 1. The zero-order valence-corrected chi connectivity index (χ0v) is 11.3. The van der Waals surface area contributed by atoms with Crippen LogP contribution in [0.3, 0.4) is 0 Å². The number of carboxylic acids is 1. The molecule has 0 aromatic rings. The monoisotopic (exact) mass is 267 g/mol. The number of likely N-dealkylation sites (tertiary alicyclic amines) is 1. The summed E-state index contributed by atoms with van der Waals surface area (Å²) in [5.74, 6) is -0.640. The first-order valence-corrected chi connectivity index (χ1v) is 6.69. The van der Waals surface area contributed by atoms with Gasteiger partial charge in [-0.1, -0.05) is 13.3 Å². The smallest absolute Gasteiger partial charge is 0.320 e. The third kappa shape index (κ3) is 4.87. The molecule has 6 nitrogen and oxygen atoms in total. The van der Waals surface area contributed by atoms with Crippen molar-refractivity contribution in [1.29, 1.82) is 5.26 Å². The molecule has 6 heteroatoms. The lowest BCUT2D eigenvalue weighted by molar-refractivity contribution is -0.146. The molecule has 0 aliphatic carbocycles. The molecule has 2 atom stereocenters. The van der Waals surface area contributed by atoms with Gasteiger partial charge in [0, 0.05) is 6.54 Å². The van der Waals surface area contributed by atoms with E-state index in [4.69, 9.17) is 5.26 Å². The molecule has 0 radical (unpaired) electrons. The highest BCUT2D eigenvalue weighted by Gasteiger charge is 2.33. The van der Waals surface area contributed by atoms with E-state index >= 15 is 0 Å². The molecule has 1 saturated heterocycles. The molecule has 0 aromatic carbocycles. The van der Waals surface area contributed by atoms with Gasteiger partial charge in [0.1, 0.15) is 6.04 Å². The largest absolute Gasteiger partial charge is 0.480 e. The zero-order chi connectivity index (χ0) is 14.3. The third-order valence-corrected chi connectivity index (χ3v) is 3.59. The van der Waals surface area contributed by atoms with Crippen molar-refractivity contribution in [2.24, 2.45) is 5.92 Å². The number of nitrogens with zero attached hydrogens (tertiary/aromatic N) is 2. The van der Waals surface area contributed by atoms with Crippen molar-refractivity contribution in [3.05, 3.63) is 0 Å². The molecule has 1 rings (SSSR count). The molecule has 1 amide bonds. The zero-order valence-electron chi connectivity index (χ0n) is 11.3. The summed E-state index contributed by atoms with van der Waals surface area (Å²) < 4.78 is 0. The van der Waals surface area contributed by atoms with Gasteiger partial charge >= 0.3 is 5.97 Å². The number of carbonyl (C=O) groups excluding carboxylic acids is 1. The predicted molar refractivity (Wildman–Crippen MR) is 69.3 cm³/mol. The molecule has 1 fully saturated rings. The van der Waals surface area contributed by atoms with Crippen LogP contribution in [-0.2, 0) is 9.59 Å². The molecule has 0 aromatic heterocycles. The normalized spacial score (nSPS) is 23.6. The van der Waals surface area contributed by atoms with Gasteiger partial charge in [0.15, 0.2) is 0 Å². The Kier molecular flexibility index (Phi) is 6.30. The maximum Gasteiger partial charge on any atom is 0.320 e.